The molecule has 3 heterocycles. The van der Waals surface area contributed by atoms with Crippen LogP contribution >= 0.6 is 11.6 Å². The SMILES string of the molecule is COc1cccc(N2CCn3c(C)cc4c(-c5ccc(Cl)cc5)c([C@H](OC(C)(C)C)C(=O)O)c(C)c2c43)n1. The van der Waals surface area contributed by atoms with E-state index in [0.717, 1.165) is 51.3 Å². The van der Waals surface area contributed by atoms with Crippen LogP contribution in [0.15, 0.2) is 48.5 Å². The van der Waals surface area contributed by atoms with Crippen LogP contribution in [-0.2, 0) is 16.1 Å². The Morgan fingerprint density at radius 1 is 1.11 bits per heavy atom. The van der Waals surface area contributed by atoms with Gasteiger partial charge in [0.15, 0.2) is 6.10 Å². The average Bonchev–Trinajstić information content (AvgIpc) is 3.21. The van der Waals surface area contributed by atoms with E-state index in [4.69, 9.17) is 26.1 Å². The first kappa shape index (κ1) is 26.1. The standard InChI is InChI=1S/C30H32ClN3O4/c1-17-16-21-25(19-10-12-20(31)13-11-19)24(28(29(35)36)38-30(3,4)5)18(2)26-27(21)33(17)14-15-34(26)22-8-7-9-23(32-22)37-6/h7-13,16,28H,14-15H2,1-6H3,(H,35,36)/t28-/m0/s1. The van der Waals surface area contributed by atoms with E-state index < -0.39 is 17.7 Å². The molecule has 0 fully saturated rings. The van der Waals surface area contributed by atoms with Crippen molar-refractivity contribution in [2.45, 2.75) is 52.9 Å². The van der Waals surface area contributed by atoms with Gasteiger partial charge in [0.05, 0.1) is 23.9 Å². The minimum absolute atomic E-state index is 0.519. The quantitative estimate of drug-likeness (QED) is 0.285. The summed E-state index contributed by atoms with van der Waals surface area (Å²) in [4.78, 5) is 19.7. The molecule has 198 valence electrons. The zero-order valence-electron chi connectivity index (χ0n) is 22.5. The highest BCUT2D eigenvalue weighted by Crippen LogP contribution is 2.49. The lowest BCUT2D eigenvalue weighted by atomic mass is 9.87. The number of carbonyl (C=O) groups is 1. The second-order valence-corrected chi connectivity index (χ2v) is 11.0. The minimum atomic E-state index is -1.19. The zero-order valence-corrected chi connectivity index (χ0v) is 23.3. The van der Waals surface area contributed by atoms with Gasteiger partial charge in [-0.15, -0.1) is 0 Å². The third kappa shape index (κ3) is 4.50. The second kappa shape index (κ2) is 9.64. The van der Waals surface area contributed by atoms with Gasteiger partial charge < -0.3 is 24.0 Å². The lowest BCUT2D eigenvalue weighted by molar-refractivity contribution is -0.160. The van der Waals surface area contributed by atoms with Gasteiger partial charge in [0.1, 0.15) is 5.82 Å². The Labute approximate surface area is 227 Å². The Kier molecular flexibility index (Phi) is 6.61. The van der Waals surface area contributed by atoms with Gasteiger partial charge in [0.2, 0.25) is 5.88 Å². The van der Waals surface area contributed by atoms with Gasteiger partial charge in [0.25, 0.3) is 0 Å². The summed E-state index contributed by atoms with van der Waals surface area (Å²) in [6.07, 6.45) is -1.19. The topological polar surface area (TPSA) is 76.8 Å². The molecule has 0 amide bonds. The molecule has 1 aliphatic rings. The summed E-state index contributed by atoms with van der Waals surface area (Å²) >= 11 is 6.24. The summed E-state index contributed by atoms with van der Waals surface area (Å²) in [5, 5.41) is 12.1. The van der Waals surface area contributed by atoms with E-state index in [2.05, 4.69) is 22.5 Å². The largest absolute Gasteiger partial charge is 0.481 e. The highest BCUT2D eigenvalue weighted by molar-refractivity contribution is 6.30. The van der Waals surface area contributed by atoms with Crippen LogP contribution in [0, 0.1) is 13.8 Å². The van der Waals surface area contributed by atoms with E-state index >= 15 is 0 Å². The zero-order chi connectivity index (χ0) is 27.4. The molecule has 8 heteroatoms. The molecule has 0 saturated carbocycles. The van der Waals surface area contributed by atoms with Crippen molar-refractivity contribution >= 4 is 40.0 Å². The number of pyridine rings is 1. The molecule has 0 aliphatic carbocycles. The maximum atomic E-state index is 12.8. The average molecular weight is 534 g/mol. The number of rotatable bonds is 6. The molecule has 0 unspecified atom stereocenters. The molecule has 0 saturated heterocycles. The number of hydrogen-bond acceptors (Lipinski definition) is 5. The lowest BCUT2D eigenvalue weighted by Gasteiger charge is -2.35. The number of methoxy groups -OCH3 is 1. The van der Waals surface area contributed by atoms with E-state index in [9.17, 15) is 9.90 Å². The number of aromatic nitrogens is 2. The third-order valence-electron chi connectivity index (χ3n) is 6.93. The van der Waals surface area contributed by atoms with Crippen LogP contribution in [0.4, 0.5) is 11.5 Å². The fourth-order valence-corrected chi connectivity index (χ4v) is 5.56. The van der Waals surface area contributed by atoms with Crippen molar-refractivity contribution in [2.24, 2.45) is 0 Å². The van der Waals surface area contributed by atoms with Crippen LogP contribution in [0.2, 0.25) is 5.02 Å². The van der Waals surface area contributed by atoms with E-state index in [1.165, 1.54) is 0 Å². The van der Waals surface area contributed by atoms with Gasteiger partial charge >= 0.3 is 5.97 Å². The predicted octanol–water partition coefficient (Wildman–Crippen LogP) is 7.07. The van der Waals surface area contributed by atoms with Crippen LogP contribution in [0.3, 0.4) is 0 Å². The summed E-state index contributed by atoms with van der Waals surface area (Å²) in [5.74, 6) is 0.224. The van der Waals surface area contributed by atoms with Crippen LogP contribution in [0.25, 0.3) is 22.0 Å². The van der Waals surface area contributed by atoms with Gasteiger partial charge in [-0.05, 0) is 75.6 Å². The van der Waals surface area contributed by atoms with Crippen molar-refractivity contribution in [1.82, 2.24) is 9.55 Å². The molecule has 2 aromatic carbocycles. The molecule has 4 aromatic rings. The van der Waals surface area contributed by atoms with Crippen molar-refractivity contribution < 1.29 is 19.4 Å². The van der Waals surface area contributed by atoms with Gasteiger partial charge in [-0.3, -0.25) is 0 Å². The number of aryl methyl sites for hydroxylation is 1. The first-order valence-electron chi connectivity index (χ1n) is 12.6. The number of halogens is 1. The van der Waals surface area contributed by atoms with Gasteiger partial charge in [-0.1, -0.05) is 29.8 Å². The van der Waals surface area contributed by atoms with Gasteiger partial charge in [-0.25, -0.2) is 4.79 Å². The molecular formula is C30H32ClN3O4. The highest BCUT2D eigenvalue weighted by Gasteiger charge is 2.36. The molecule has 0 spiro atoms. The molecule has 2 aromatic heterocycles. The van der Waals surface area contributed by atoms with Crippen molar-refractivity contribution in [3.63, 3.8) is 0 Å². The van der Waals surface area contributed by atoms with Crippen molar-refractivity contribution in [3.8, 4) is 17.0 Å². The number of carboxylic acids is 1. The maximum absolute atomic E-state index is 12.8. The fourth-order valence-electron chi connectivity index (χ4n) is 5.43. The number of carboxylic acid groups (broad SMARTS) is 1. The first-order valence-corrected chi connectivity index (χ1v) is 13.0. The third-order valence-corrected chi connectivity index (χ3v) is 7.18. The Morgan fingerprint density at radius 2 is 1.82 bits per heavy atom. The number of aliphatic carboxylic acids is 1. The summed E-state index contributed by atoms with van der Waals surface area (Å²) in [6, 6.07) is 15.4. The van der Waals surface area contributed by atoms with Crippen LogP contribution in [-0.4, -0.2) is 39.9 Å². The van der Waals surface area contributed by atoms with E-state index in [1.807, 2.05) is 70.2 Å². The molecule has 1 N–H and O–H groups in total. The Morgan fingerprint density at radius 3 is 2.45 bits per heavy atom. The van der Waals surface area contributed by atoms with Crippen molar-refractivity contribution in [1.29, 1.82) is 0 Å². The van der Waals surface area contributed by atoms with E-state index in [0.29, 0.717) is 23.0 Å². The maximum Gasteiger partial charge on any atom is 0.337 e. The Hall–Kier alpha value is -3.55. The molecule has 1 aliphatic heterocycles. The smallest absolute Gasteiger partial charge is 0.337 e. The normalized spacial score (nSPS) is 14.1. The van der Waals surface area contributed by atoms with Crippen molar-refractivity contribution in [2.75, 3.05) is 18.6 Å². The second-order valence-electron chi connectivity index (χ2n) is 10.6. The number of benzene rings is 2. The molecular weight excluding hydrogens is 502 g/mol. The van der Waals surface area contributed by atoms with Crippen molar-refractivity contribution in [3.05, 3.63) is 70.4 Å². The van der Waals surface area contributed by atoms with E-state index in [1.54, 1.807) is 7.11 Å². The monoisotopic (exact) mass is 533 g/mol. The van der Waals surface area contributed by atoms with Crippen LogP contribution < -0.4 is 9.64 Å². The van der Waals surface area contributed by atoms with Gasteiger partial charge in [-0.2, -0.15) is 4.98 Å². The number of hydrogen-bond donors (Lipinski definition) is 1. The summed E-state index contributed by atoms with van der Waals surface area (Å²) in [6.45, 7) is 11.1. The number of nitrogens with zero attached hydrogens (tertiary/aromatic N) is 3. The Balaban J connectivity index is 1.90. The Bertz CT molecular complexity index is 1540. The summed E-state index contributed by atoms with van der Waals surface area (Å²) < 4.78 is 14.0. The minimum Gasteiger partial charge on any atom is -0.481 e. The molecule has 1 atom stereocenters. The van der Waals surface area contributed by atoms with Gasteiger partial charge in [0, 0.05) is 40.8 Å². The van der Waals surface area contributed by atoms with Crippen LogP contribution in [0.1, 0.15) is 43.7 Å². The number of anilines is 2. The number of ether oxygens (including phenoxy) is 2. The summed E-state index contributed by atoms with van der Waals surface area (Å²) in [7, 11) is 1.60. The molecule has 0 bridgehead atoms. The molecule has 7 nitrogen and oxygen atoms in total. The first-order chi connectivity index (χ1) is 18.0. The van der Waals surface area contributed by atoms with E-state index in [-0.39, 0.29) is 0 Å². The fraction of sp³-hybridized carbons (Fsp3) is 0.333. The van der Waals surface area contributed by atoms with Crippen LogP contribution in [0.5, 0.6) is 5.88 Å². The summed E-state index contributed by atoms with van der Waals surface area (Å²) in [5.41, 5.74) is 5.59. The molecule has 38 heavy (non-hydrogen) atoms. The lowest BCUT2D eigenvalue weighted by Crippen LogP contribution is -2.31. The predicted molar refractivity (Wildman–Crippen MR) is 151 cm³/mol. The molecule has 0 radical (unpaired) electrons. The molecule has 5 rings (SSSR count). The highest BCUT2D eigenvalue weighted by atomic mass is 35.5.